The van der Waals surface area contributed by atoms with Crippen LogP contribution in [0.4, 0.5) is 17.2 Å². The number of aliphatic imine (C=N–C) groups is 1. The fourth-order valence-corrected chi connectivity index (χ4v) is 1.42. The molecule has 1 heterocycles. The Morgan fingerprint density at radius 1 is 1.50 bits per heavy atom. The van der Waals surface area contributed by atoms with Crippen molar-refractivity contribution >= 4 is 23.4 Å². The lowest BCUT2D eigenvalue weighted by Gasteiger charge is -1.99. The lowest BCUT2D eigenvalue weighted by atomic mass is 10.2. The normalized spacial score (nSPS) is 10.8. The van der Waals surface area contributed by atoms with Gasteiger partial charge in [0.05, 0.1) is 11.3 Å². The van der Waals surface area contributed by atoms with E-state index in [1.807, 2.05) is 0 Å². The predicted molar refractivity (Wildman–Crippen MR) is 71.3 cm³/mol. The first kappa shape index (κ1) is 13.2. The van der Waals surface area contributed by atoms with Crippen LogP contribution in [0.5, 0.6) is 5.75 Å². The van der Waals surface area contributed by atoms with Crippen LogP contribution in [-0.4, -0.2) is 26.2 Å². The van der Waals surface area contributed by atoms with Gasteiger partial charge in [-0.3, -0.25) is 14.9 Å². The third-order valence-corrected chi connectivity index (χ3v) is 2.41. The van der Waals surface area contributed by atoms with Crippen LogP contribution < -0.4 is 11.3 Å². The van der Waals surface area contributed by atoms with Gasteiger partial charge in [0.25, 0.3) is 11.2 Å². The molecule has 0 spiro atoms. The number of nitro benzene ring substituents is 1. The van der Waals surface area contributed by atoms with Crippen molar-refractivity contribution in [3.63, 3.8) is 0 Å². The van der Waals surface area contributed by atoms with Crippen molar-refractivity contribution in [3.8, 4) is 5.75 Å². The molecule has 102 valence electrons. The van der Waals surface area contributed by atoms with Crippen LogP contribution in [0.3, 0.4) is 0 Å². The fourth-order valence-electron chi connectivity index (χ4n) is 1.42. The minimum absolute atomic E-state index is 0.0850. The van der Waals surface area contributed by atoms with Crippen molar-refractivity contribution in [2.24, 2.45) is 4.99 Å². The number of hydrogen-bond acceptors (Lipinski definition) is 7. The molecule has 9 nitrogen and oxygen atoms in total. The van der Waals surface area contributed by atoms with Gasteiger partial charge in [-0.2, -0.15) is 0 Å². The number of aromatic amines is 1. The zero-order chi connectivity index (χ0) is 14.7. The minimum atomic E-state index is -0.609. The van der Waals surface area contributed by atoms with Gasteiger partial charge in [-0.05, 0) is 6.07 Å². The third kappa shape index (κ3) is 2.61. The summed E-state index contributed by atoms with van der Waals surface area (Å²) in [6.07, 6.45) is 2.23. The topological polar surface area (TPSA) is 148 Å². The molecule has 0 aliphatic rings. The van der Waals surface area contributed by atoms with E-state index in [4.69, 9.17) is 5.73 Å². The molecule has 0 saturated carbocycles. The zero-order valence-electron chi connectivity index (χ0n) is 9.98. The number of phenols is 1. The van der Waals surface area contributed by atoms with Crippen LogP contribution in [-0.2, 0) is 0 Å². The molecule has 0 unspecified atom stereocenters. The van der Waals surface area contributed by atoms with Gasteiger partial charge in [0.1, 0.15) is 5.75 Å². The van der Waals surface area contributed by atoms with E-state index in [1.54, 1.807) is 0 Å². The Morgan fingerprint density at radius 2 is 2.25 bits per heavy atom. The van der Waals surface area contributed by atoms with Gasteiger partial charge < -0.3 is 15.8 Å². The minimum Gasteiger partial charge on any atom is -0.507 e. The Morgan fingerprint density at radius 3 is 2.90 bits per heavy atom. The summed E-state index contributed by atoms with van der Waals surface area (Å²) in [5.74, 6) is -0.298. The summed E-state index contributed by atoms with van der Waals surface area (Å²) in [7, 11) is 0. The summed E-state index contributed by atoms with van der Waals surface area (Å²) in [4.78, 5) is 31.2. The second-order valence-electron chi connectivity index (χ2n) is 3.72. The summed E-state index contributed by atoms with van der Waals surface area (Å²) in [5, 5.41) is 20.2. The highest BCUT2D eigenvalue weighted by atomic mass is 16.6. The predicted octanol–water partition coefficient (Wildman–Crippen LogP) is 0.716. The van der Waals surface area contributed by atoms with Crippen LogP contribution in [0.15, 0.2) is 34.3 Å². The highest BCUT2D eigenvalue weighted by molar-refractivity contribution is 5.87. The number of aromatic nitrogens is 2. The Labute approximate surface area is 111 Å². The van der Waals surface area contributed by atoms with E-state index in [9.17, 15) is 20.0 Å². The first-order valence-corrected chi connectivity index (χ1v) is 5.33. The summed E-state index contributed by atoms with van der Waals surface area (Å²) in [5.41, 5.74) is 4.66. The number of hydrogen-bond donors (Lipinski definition) is 3. The lowest BCUT2D eigenvalue weighted by molar-refractivity contribution is -0.384. The van der Waals surface area contributed by atoms with Crippen LogP contribution >= 0.6 is 0 Å². The van der Waals surface area contributed by atoms with Gasteiger partial charge in [-0.15, -0.1) is 0 Å². The second-order valence-corrected chi connectivity index (χ2v) is 3.72. The number of nitrogen functional groups attached to an aromatic ring is 1. The van der Waals surface area contributed by atoms with Crippen LogP contribution in [0.25, 0.3) is 0 Å². The molecule has 0 aliphatic heterocycles. The van der Waals surface area contributed by atoms with Gasteiger partial charge >= 0.3 is 0 Å². The van der Waals surface area contributed by atoms with E-state index in [0.717, 1.165) is 30.7 Å². The zero-order valence-corrected chi connectivity index (χ0v) is 9.98. The monoisotopic (exact) mass is 275 g/mol. The van der Waals surface area contributed by atoms with Crippen molar-refractivity contribution in [2.75, 3.05) is 5.73 Å². The SMILES string of the molecule is Nc1nc[nH]c(=O)c1N=Cc1cc([N+](=O)[O-])ccc1O. The summed E-state index contributed by atoms with van der Waals surface area (Å²) in [6.45, 7) is 0. The van der Waals surface area contributed by atoms with Gasteiger partial charge in [0.15, 0.2) is 11.5 Å². The van der Waals surface area contributed by atoms with E-state index >= 15 is 0 Å². The molecule has 0 saturated heterocycles. The molecule has 9 heteroatoms. The molecule has 20 heavy (non-hydrogen) atoms. The number of phenolic OH excluding ortho intramolecular Hbond substituents is 1. The average molecular weight is 275 g/mol. The first-order valence-electron chi connectivity index (χ1n) is 5.33. The molecule has 4 N–H and O–H groups in total. The molecular weight excluding hydrogens is 266 g/mol. The molecule has 0 atom stereocenters. The van der Waals surface area contributed by atoms with Gasteiger partial charge in [0.2, 0.25) is 0 Å². The van der Waals surface area contributed by atoms with Gasteiger partial charge in [-0.25, -0.2) is 9.98 Å². The van der Waals surface area contributed by atoms with E-state index in [0.29, 0.717) is 0 Å². The number of nitro groups is 1. The number of anilines is 1. The van der Waals surface area contributed by atoms with Crippen molar-refractivity contribution in [1.29, 1.82) is 0 Å². The van der Waals surface area contributed by atoms with Crippen molar-refractivity contribution in [1.82, 2.24) is 9.97 Å². The molecule has 0 amide bonds. The number of H-pyrrole nitrogens is 1. The quantitative estimate of drug-likeness (QED) is 0.427. The fraction of sp³-hybridized carbons (Fsp3) is 0. The Balaban J connectivity index is 2.44. The van der Waals surface area contributed by atoms with Crippen LogP contribution in [0.2, 0.25) is 0 Å². The number of benzene rings is 1. The molecule has 2 rings (SSSR count). The van der Waals surface area contributed by atoms with E-state index < -0.39 is 10.5 Å². The Hall–Kier alpha value is -3.23. The number of nitrogens with one attached hydrogen (secondary N) is 1. The molecule has 0 fully saturated rings. The van der Waals surface area contributed by atoms with Gasteiger partial charge in [-0.1, -0.05) is 0 Å². The summed E-state index contributed by atoms with van der Waals surface area (Å²) >= 11 is 0. The molecule has 0 radical (unpaired) electrons. The molecule has 2 aromatic rings. The summed E-state index contributed by atoms with van der Waals surface area (Å²) in [6, 6.07) is 3.44. The van der Waals surface area contributed by atoms with Crippen molar-refractivity contribution in [2.45, 2.75) is 0 Å². The molecule has 1 aromatic carbocycles. The number of nitrogens with two attached hydrogens (primary N) is 1. The van der Waals surface area contributed by atoms with Crippen LogP contribution in [0.1, 0.15) is 5.56 Å². The van der Waals surface area contributed by atoms with Gasteiger partial charge in [0, 0.05) is 23.9 Å². The molecular formula is C11H9N5O4. The van der Waals surface area contributed by atoms with E-state index in [1.165, 1.54) is 0 Å². The smallest absolute Gasteiger partial charge is 0.278 e. The Kier molecular flexibility index (Phi) is 3.42. The maximum absolute atomic E-state index is 11.5. The standard InChI is InChI=1S/C11H9N5O4/c12-10-9(11(18)15-5-14-10)13-4-6-3-7(16(19)20)1-2-8(6)17/h1-5,17H,(H3,12,14,15,18). The molecule has 0 aliphatic carbocycles. The molecule has 0 bridgehead atoms. The largest absolute Gasteiger partial charge is 0.507 e. The number of aromatic hydroxyl groups is 1. The average Bonchev–Trinajstić information content (AvgIpc) is 2.39. The number of non-ortho nitro benzene ring substituents is 1. The highest BCUT2D eigenvalue weighted by Crippen LogP contribution is 2.22. The van der Waals surface area contributed by atoms with Crippen molar-refractivity contribution in [3.05, 3.63) is 50.6 Å². The van der Waals surface area contributed by atoms with E-state index in [2.05, 4.69) is 15.0 Å². The molecule has 1 aromatic heterocycles. The maximum Gasteiger partial charge on any atom is 0.278 e. The van der Waals surface area contributed by atoms with Crippen LogP contribution in [0, 0.1) is 10.1 Å². The number of rotatable bonds is 3. The van der Waals surface area contributed by atoms with Crippen molar-refractivity contribution < 1.29 is 10.0 Å². The third-order valence-electron chi connectivity index (χ3n) is 2.41. The number of nitrogens with zero attached hydrogens (tertiary/aromatic N) is 3. The second kappa shape index (κ2) is 5.18. The van der Waals surface area contributed by atoms with E-state index in [-0.39, 0.29) is 28.5 Å². The lowest BCUT2D eigenvalue weighted by Crippen LogP contribution is -2.08. The summed E-state index contributed by atoms with van der Waals surface area (Å²) < 4.78 is 0. The maximum atomic E-state index is 11.5. The highest BCUT2D eigenvalue weighted by Gasteiger charge is 2.09. The first-order chi connectivity index (χ1) is 9.49. The Bertz CT molecular complexity index is 753.